The average molecular weight is 285 g/mol. The largest absolute Gasteiger partial charge is 0.233 e. The summed E-state index contributed by atoms with van der Waals surface area (Å²) in [6.07, 6.45) is 0.764. The first-order valence-electron chi connectivity index (χ1n) is 5.51. The van der Waals surface area contributed by atoms with E-state index in [0.29, 0.717) is 16.5 Å². The third kappa shape index (κ3) is 2.47. The third-order valence-electron chi connectivity index (χ3n) is 2.69. The Morgan fingerprint density at radius 2 is 1.94 bits per heavy atom. The van der Waals surface area contributed by atoms with Crippen LogP contribution in [-0.4, -0.2) is 9.97 Å². The van der Waals surface area contributed by atoms with E-state index in [4.69, 9.17) is 23.2 Å². The Morgan fingerprint density at radius 1 is 1.22 bits per heavy atom. The lowest BCUT2D eigenvalue weighted by Crippen LogP contribution is -1.99. The van der Waals surface area contributed by atoms with E-state index in [0.717, 1.165) is 17.7 Å². The minimum absolute atomic E-state index is 0.0757. The van der Waals surface area contributed by atoms with E-state index in [1.807, 2.05) is 13.8 Å². The predicted octanol–water partition coefficient (Wildman–Crippen LogP) is 4.46. The molecule has 5 heteroatoms. The second-order valence-corrected chi connectivity index (χ2v) is 4.65. The summed E-state index contributed by atoms with van der Waals surface area (Å²) in [6.45, 7) is 3.85. The molecule has 0 spiro atoms. The van der Waals surface area contributed by atoms with E-state index in [1.165, 1.54) is 12.1 Å². The van der Waals surface area contributed by atoms with Crippen molar-refractivity contribution in [1.29, 1.82) is 0 Å². The summed E-state index contributed by atoms with van der Waals surface area (Å²) in [7, 11) is 0. The molecule has 0 N–H and O–H groups in total. The lowest BCUT2D eigenvalue weighted by atomic mass is 10.1. The number of nitrogens with zero attached hydrogens (tertiary/aromatic N) is 2. The summed E-state index contributed by atoms with van der Waals surface area (Å²) in [4.78, 5) is 8.53. The highest BCUT2D eigenvalue weighted by atomic mass is 35.5. The first kappa shape index (κ1) is 13.2. The van der Waals surface area contributed by atoms with E-state index in [2.05, 4.69) is 9.97 Å². The van der Waals surface area contributed by atoms with Crippen molar-refractivity contribution in [3.63, 3.8) is 0 Å². The van der Waals surface area contributed by atoms with Gasteiger partial charge in [-0.15, -0.1) is 0 Å². The second kappa shape index (κ2) is 5.21. The highest BCUT2D eigenvalue weighted by molar-refractivity contribution is 6.31. The van der Waals surface area contributed by atoms with Crippen LogP contribution in [-0.2, 0) is 6.42 Å². The van der Waals surface area contributed by atoms with Gasteiger partial charge in [0.1, 0.15) is 11.0 Å². The van der Waals surface area contributed by atoms with Gasteiger partial charge in [0.05, 0.1) is 5.02 Å². The van der Waals surface area contributed by atoms with Crippen molar-refractivity contribution in [1.82, 2.24) is 9.97 Å². The van der Waals surface area contributed by atoms with Crippen LogP contribution in [0.5, 0.6) is 0 Å². The van der Waals surface area contributed by atoms with Gasteiger partial charge in [0.15, 0.2) is 5.82 Å². The number of aryl methyl sites for hydroxylation is 1. The Kier molecular flexibility index (Phi) is 3.83. The van der Waals surface area contributed by atoms with Crippen molar-refractivity contribution in [3.05, 3.63) is 45.4 Å². The molecule has 0 atom stereocenters. The molecule has 0 unspecified atom stereocenters. The van der Waals surface area contributed by atoms with Crippen LogP contribution < -0.4 is 0 Å². The molecule has 2 rings (SSSR count). The van der Waals surface area contributed by atoms with Crippen molar-refractivity contribution >= 4 is 23.2 Å². The SMILES string of the molecule is CCc1c(C)nc(-c2ccc(Cl)c(F)c2)nc1Cl. The van der Waals surface area contributed by atoms with Crippen LogP contribution in [0.15, 0.2) is 18.2 Å². The molecule has 0 aliphatic carbocycles. The zero-order chi connectivity index (χ0) is 13.3. The molecule has 94 valence electrons. The van der Waals surface area contributed by atoms with Crippen LogP contribution in [0.25, 0.3) is 11.4 Å². The number of benzene rings is 1. The molecule has 0 radical (unpaired) electrons. The van der Waals surface area contributed by atoms with Gasteiger partial charge in [-0.1, -0.05) is 30.1 Å². The molecule has 0 aliphatic rings. The molecule has 0 amide bonds. The van der Waals surface area contributed by atoms with Crippen LogP contribution >= 0.6 is 23.2 Å². The maximum atomic E-state index is 13.4. The summed E-state index contributed by atoms with van der Waals surface area (Å²) >= 11 is 11.7. The first-order valence-corrected chi connectivity index (χ1v) is 6.27. The highest BCUT2D eigenvalue weighted by Crippen LogP contribution is 2.25. The number of hydrogen-bond acceptors (Lipinski definition) is 2. The molecule has 0 saturated heterocycles. The zero-order valence-electron chi connectivity index (χ0n) is 9.97. The summed E-state index contributed by atoms with van der Waals surface area (Å²) in [6, 6.07) is 4.45. The van der Waals surface area contributed by atoms with Gasteiger partial charge < -0.3 is 0 Å². The Morgan fingerprint density at radius 3 is 2.50 bits per heavy atom. The predicted molar refractivity (Wildman–Crippen MR) is 71.6 cm³/mol. The number of hydrogen-bond donors (Lipinski definition) is 0. The number of halogens is 3. The van der Waals surface area contributed by atoms with Gasteiger partial charge in [-0.2, -0.15) is 0 Å². The van der Waals surface area contributed by atoms with Gasteiger partial charge in [0, 0.05) is 16.8 Å². The molecule has 1 heterocycles. The lowest BCUT2D eigenvalue weighted by molar-refractivity contribution is 0.628. The normalized spacial score (nSPS) is 10.7. The fourth-order valence-electron chi connectivity index (χ4n) is 1.73. The lowest BCUT2D eigenvalue weighted by Gasteiger charge is -2.08. The average Bonchev–Trinajstić information content (AvgIpc) is 2.32. The quantitative estimate of drug-likeness (QED) is 0.761. The van der Waals surface area contributed by atoms with Crippen molar-refractivity contribution < 1.29 is 4.39 Å². The van der Waals surface area contributed by atoms with Gasteiger partial charge >= 0.3 is 0 Å². The first-order chi connectivity index (χ1) is 8.52. The van der Waals surface area contributed by atoms with Crippen molar-refractivity contribution in [2.75, 3.05) is 0 Å². The van der Waals surface area contributed by atoms with Crippen LogP contribution in [0.4, 0.5) is 4.39 Å². The van der Waals surface area contributed by atoms with Crippen molar-refractivity contribution in [3.8, 4) is 11.4 Å². The van der Waals surface area contributed by atoms with Gasteiger partial charge in [0.2, 0.25) is 0 Å². The second-order valence-electron chi connectivity index (χ2n) is 3.88. The van der Waals surface area contributed by atoms with E-state index in [1.54, 1.807) is 6.07 Å². The monoisotopic (exact) mass is 284 g/mol. The molecule has 1 aromatic carbocycles. The topological polar surface area (TPSA) is 25.8 Å². The summed E-state index contributed by atoms with van der Waals surface area (Å²) in [5.41, 5.74) is 2.28. The molecular weight excluding hydrogens is 274 g/mol. The van der Waals surface area contributed by atoms with E-state index in [9.17, 15) is 4.39 Å². The Hall–Kier alpha value is -1.19. The van der Waals surface area contributed by atoms with E-state index >= 15 is 0 Å². The molecule has 2 aromatic rings. The van der Waals surface area contributed by atoms with Crippen molar-refractivity contribution in [2.24, 2.45) is 0 Å². The van der Waals surface area contributed by atoms with Gasteiger partial charge in [-0.05, 0) is 31.5 Å². The molecular formula is C13H11Cl2FN2. The van der Waals surface area contributed by atoms with Gasteiger partial charge in [0.25, 0.3) is 0 Å². The van der Waals surface area contributed by atoms with Crippen LogP contribution in [0.1, 0.15) is 18.2 Å². The molecule has 0 fully saturated rings. The molecule has 18 heavy (non-hydrogen) atoms. The van der Waals surface area contributed by atoms with Gasteiger partial charge in [-0.3, -0.25) is 0 Å². The smallest absolute Gasteiger partial charge is 0.161 e. The summed E-state index contributed by atoms with van der Waals surface area (Å²) < 4.78 is 13.4. The maximum Gasteiger partial charge on any atom is 0.161 e. The fourth-order valence-corrected chi connectivity index (χ4v) is 2.20. The minimum Gasteiger partial charge on any atom is -0.233 e. The summed E-state index contributed by atoms with van der Waals surface area (Å²) in [5, 5.41) is 0.488. The van der Waals surface area contributed by atoms with Crippen LogP contribution in [0, 0.1) is 12.7 Å². The zero-order valence-corrected chi connectivity index (χ0v) is 11.5. The Balaban J connectivity index is 2.54. The van der Waals surface area contributed by atoms with E-state index in [-0.39, 0.29) is 5.02 Å². The number of rotatable bonds is 2. The van der Waals surface area contributed by atoms with Gasteiger partial charge in [-0.25, -0.2) is 14.4 Å². The Labute approximate surface area is 115 Å². The van der Waals surface area contributed by atoms with Crippen LogP contribution in [0.3, 0.4) is 0 Å². The molecule has 1 aromatic heterocycles. The molecule has 0 bridgehead atoms. The van der Waals surface area contributed by atoms with Crippen LogP contribution in [0.2, 0.25) is 10.2 Å². The van der Waals surface area contributed by atoms with Crippen molar-refractivity contribution in [2.45, 2.75) is 20.3 Å². The summed E-state index contributed by atoms with van der Waals surface area (Å²) in [5.74, 6) is -0.0867. The fraction of sp³-hybridized carbons (Fsp3) is 0.231. The minimum atomic E-state index is -0.494. The molecule has 0 saturated carbocycles. The maximum absolute atomic E-state index is 13.4. The standard InChI is InChI=1S/C13H11Cl2FN2/c1-3-9-7(2)17-13(18-12(9)15)8-4-5-10(14)11(16)6-8/h4-6H,3H2,1-2H3. The number of aromatic nitrogens is 2. The van der Waals surface area contributed by atoms with E-state index < -0.39 is 5.82 Å². The third-order valence-corrected chi connectivity index (χ3v) is 3.31. The Bertz CT molecular complexity index is 577. The molecule has 0 aliphatic heterocycles. The molecule has 2 nitrogen and oxygen atoms in total. The highest BCUT2D eigenvalue weighted by Gasteiger charge is 2.11.